The SMILES string of the molecule is COc1ccc(S[C@H]2O[C@H](CO)[C@H](O)[C@H](n3cc(-c4cc(F)c(F)c(F)c4)nn3)[C@H]2O)cc1. The van der Waals surface area contributed by atoms with Crippen LogP contribution in [0.15, 0.2) is 47.5 Å². The fraction of sp³-hybridized carbons (Fsp3) is 0.333. The van der Waals surface area contributed by atoms with Gasteiger partial charge in [0.25, 0.3) is 0 Å². The molecule has 0 saturated carbocycles. The predicted molar refractivity (Wildman–Crippen MR) is 111 cm³/mol. The van der Waals surface area contributed by atoms with Gasteiger partial charge in [-0.1, -0.05) is 17.0 Å². The lowest BCUT2D eigenvalue weighted by Gasteiger charge is -2.41. The fourth-order valence-corrected chi connectivity index (χ4v) is 4.58. The highest BCUT2D eigenvalue weighted by Gasteiger charge is 2.46. The third-order valence-electron chi connectivity index (χ3n) is 5.26. The van der Waals surface area contributed by atoms with Gasteiger partial charge in [-0.05, 0) is 36.4 Å². The van der Waals surface area contributed by atoms with Crippen LogP contribution in [0.25, 0.3) is 11.3 Å². The van der Waals surface area contributed by atoms with Crippen molar-refractivity contribution in [3.8, 4) is 17.0 Å². The molecule has 1 aliphatic rings. The molecule has 0 spiro atoms. The van der Waals surface area contributed by atoms with Crippen LogP contribution in [0.5, 0.6) is 5.75 Å². The lowest BCUT2D eigenvalue weighted by Crippen LogP contribution is -2.55. The third-order valence-corrected chi connectivity index (χ3v) is 6.42. The van der Waals surface area contributed by atoms with Gasteiger partial charge in [-0.3, -0.25) is 0 Å². The molecule has 2 aromatic carbocycles. The van der Waals surface area contributed by atoms with E-state index in [1.54, 1.807) is 24.3 Å². The van der Waals surface area contributed by atoms with Gasteiger partial charge in [0.05, 0.1) is 19.9 Å². The van der Waals surface area contributed by atoms with Crippen molar-refractivity contribution in [3.63, 3.8) is 0 Å². The normalized spacial score (nSPS) is 25.2. The van der Waals surface area contributed by atoms with E-state index in [-0.39, 0.29) is 11.3 Å². The number of rotatable bonds is 6. The number of aliphatic hydroxyl groups excluding tert-OH is 3. The van der Waals surface area contributed by atoms with Gasteiger partial charge in [-0.2, -0.15) is 0 Å². The second-order valence-electron chi connectivity index (χ2n) is 7.33. The van der Waals surface area contributed by atoms with Gasteiger partial charge >= 0.3 is 0 Å². The van der Waals surface area contributed by atoms with Crippen molar-refractivity contribution in [1.82, 2.24) is 15.0 Å². The zero-order chi connectivity index (χ0) is 23.7. The Morgan fingerprint density at radius 3 is 2.36 bits per heavy atom. The minimum absolute atomic E-state index is 0.00130. The van der Waals surface area contributed by atoms with Crippen LogP contribution in [0.1, 0.15) is 6.04 Å². The number of aromatic nitrogens is 3. The molecule has 0 aliphatic carbocycles. The smallest absolute Gasteiger partial charge is 0.194 e. The minimum Gasteiger partial charge on any atom is -0.497 e. The molecule has 0 radical (unpaired) electrons. The zero-order valence-corrected chi connectivity index (χ0v) is 18.0. The molecule has 1 saturated heterocycles. The molecule has 176 valence electrons. The van der Waals surface area contributed by atoms with Crippen LogP contribution in [0.2, 0.25) is 0 Å². The van der Waals surface area contributed by atoms with Gasteiger partial charge in [-0.15, -0.1) is 5.10 Å². The molecule has 2 heterocycles. The second kappa shape index (κ2) is 9.69. The van der Waals surface area contributed by atoms with Gasteiger partial charge < -0.3 is 24.8 Å². The standard InChI is InChI=1S/C21H20F3N3O5S/c1-31-11-2-4-12(5-3-11)33-21-20(30)18(19(29)16(9-28)32-21)27-8-15(25-26-27)10-6-13(22)17(24)14(23)7-10/h2-8,16,18-21,28-30H,9H2,1H3/t16-,18+,19+,20-,21-/m1/s1. The summed E-state index contributed by atoms with van der Waals surface area (Å²) >= 11 is 1.17. The molecule has 12 heteroatoms. The van der Waals surface area contributed by atoms with Crippen LogP contribution in [-0.2, 0) is 4.74 Å². The number of ether oxygens (including phenoxy) is 2. The van der Waals surface area contributed by atoms with Crippen LogP contribution in [-0.4, -0.2) is 67.8 Å². The lowest BCUT2D eigenvalue weighted by atomic mass is 9.97. The van der Waals surface area contributed by atoms with Gasteiger partial charge in [-0.25, -0.2) is 17.9 Å². The molecule has 1 aliphatic heterocycles. The van der Waals surface area contributed by atoms with Crippen molar-refractivity contribution in [2.45, 2.75) is 34.7 Å². The number of benzene rings is 2. The molecule has 1 fully saturated rings. The Morgan fingerprint density at radius 1 is 1.09 bits per heavy atom. The van der Waals surface area contributed by atoms with Crippen molar-refractivity contribution in [2.24, 2.45) is 0 Å². The average Bonchev–Trinajstić information content (AvgIpc) is 3.29. The van der Waals surface area contributed by atoms with Gasteiger partial charge in [0.1, 0.15) is 41.2 Å². The molecule has 4 rings (SSSR count). The summed E-state index contributed by atoms with van der Waals surface area (Å²) in [7, 11) is 1.54. The van der Waals surface area contributed by atoms with E-state index >= 15 is 0 Å². The predicted octanol–water partition coefficient (Wildman–Crippen LogP) is 2.14. The van der Waals surface area contributed by atoms with E-state index in [1.165, 1.54) is 25.1 Å². The summed E-state index contributed by atoms with van der Waals surface area (Å²) in [6, 6.07) is 7.43. The minimum atomic E-state index is -1.61. The number of aliphatic hydroxyl groups is 3. The molecule has 5 atom stereocenters. The number of halogens is 3. The molecule has 8 nitrogen and oxygen atoms in total. The van der Waals surface area contributed by atoms with Crippen molar-refractivity contribution in [3.05, 3.63) is 60.0 Å². The van der Waals surface area contributed by atoms with Gasteiger partial charge in [0.2, 0.25) is 0 Å². The Labute approximate surface area is 190 Å². The van der Waals surface area contributed by atoms with Crippen molar-refractivity contribution in [2.75, 3.05) is 13.7 Å². The first-order valence-electron chi connectivity index (χ1n) is 9.82. The number of methoxy groups -OCH3 is 1. The summed E-state index contributed by atoms with van der Waals surface area (Å²) in [5.41, 5.74) is -0.965. The Balaban J connectivity index is 1.61. The summed E-state index contributed by atoms with van der Waals surface area (Å²) < 4.78 is 52.4. The Kier molecular flexibility index (Phi) is 6.91. The first-order chi connectivity index (χ1) is 15.8. The van der Waals surface area contributed by atoms with Crippen molar-refractivity contribution >= 4 is 11.8 Å². The van der Waals surface area contributed by atoms with E-state index in [4.69, 9.17) is 9.47 Å². The highest BCUT2D eigenvalue weighted by Crippen LogP contribution is 2.38. The van der Waals surface area contributed by atoms with E-state index in [9.17, 15) is 28.5 Å². The number of hydrogen-bond acceptors (Lipinski definition) is 8. The highest BCUT2D eigenvalue weighted by atomic mass is 32.2. The zero-order valence-electron chi connectivity index (χ0n) is 17.2. The Bertz CT molecular complexity index is 1090. The number of thioether (sulfide) groups is 1. The molecule has 33 heavy (non-hydrogen) atoms. The summed E-state index contributed by atoms with van der Waals surface area (Å²) in [4.78, 5) is 0.739. The Hall–Kier alpha value is -2.64. The molecule has 0 unspecified atom stereocenters. The topological polar surface area (TPSA) is 110 Å². The largest absolute Gasteiger partial charge is 0.497 e. The van der Waals surface area contributed by atoms with Crippen LogP contribution in [0, 0.1) is 17.5 Å². The molecular weight excluding hydrogens is 463 g/mol. The first-order valence-corrected chi connectivity index (χ1v) is 10.7. The number of hydrogen-bond donors (Lipinski definition) is 3. The fourth-order valence-electron chi connectivity index (χ4n) is 3.52. The molecule has 0 amide bonds. The molecule has 3 aromatic rings. The maximum atomic E-state index is 13.6. The maximum Gasteiger partial charge on any atom is 0.194 e. The quantitative estimate of drug-likeness (QED) is 0.458. The molecule has 0 bridgehead atoms. The van der Waals surface area contributed by atoms with E-state index in [1.807, 2.05) is 0 Å². The van der Waals surface area contributed by atoms with Crippen LogP contribution in [0.4, 0.5) is 13.2 Å². The van der Waals surface area contributed by atoms with Gasteiger partial charge in [0.15, 0.2) is 17.5 Å². The van der Waals surface area contributed by atoms with E-state index in [2.05, 4.69) is 10.3 Å². The van der Waals surface area contributed by atoms with Crippen molar-refractivity contribution < 1.29 is 38.0 Å². The summed E-state index contributed by atoms with van der Waals surface area (Å²) in [6.07, 6.45) is -2.44. The van der Waals surface area contributed by atoms with E-state index < -0.39 is 53.8 Å². The van der Waals surface area contributed by atoms with Crippen LogP contribution in [0.3, 0.4) is 0 Å². The van der Waals surface area contributed by atoms with Crippen molar-refractivity contribution in [1.29, 1.82) is 0 Å². The molecule has 1 aromatic heterocycles. The maximum absolute atomic E-state index is 13.6. The summed E-state index contributed by atoms with van der Waals surface area (Å²) in [5, 5.41) is 39.0. The monoisotopic (exact) mass is 483 g/mol. The highest BCUT2D eigenvalue weighted by molar-refractivity contribution is 7.99. The first kappa shape index (κ1) is 23.5. The molecule has 3 N–H and O–H groups in total. The average molecular weight is 483 g/mol. The Morgan fingerprint density at radius 2 is 1.76 bits per heavy atom. The van der Waals surface area contributed by atoms with Crippen LogP contribution >= 0.6 is 11.8 Å². The third kappa shape index (κ3) is 4.70. The van der Waals surface area contributed by atoms with Crippen LogP contribution < -0.4 is 4.74 Å². The summed E-state index contributed by atoms with van der Waals surface area (Å²) in [5.74, 6) is -3.73. The van der Waals surface area contributed by atoms with E-state index in [0.29, 0.717) is 5.75 Å². The van der Waals surface area contributed by atoms with Gasteiger partial charge in [0, 0.05) is 10.5 Å². The number of nitrogens with zero attached hydrogens (tertiary/aromatic N) is 3. The summed E-state index contributed by atoms with van der Waals surface area (Å²) in [6.45, 7) is -0.528. The second-order valence-corrected chi connectivity index (χ2v) is 8.50. The lowest BCUT2D eigenvalue weighted by molar-refractivity contribution is -0.178. The van der Waals surface area contributed by atoms with E-state index in [0.717, 1.165) is 21.7 Å². The molecular formula is C21H20F3N3O5S.